The molecule has 2 saturated heterocycles. The van der Waals surface area contributed by atoms with E-state index in [1.807, 2.05) is 6.92 Å². The van der Waals surface area contributed by atoms with E-state index in [2.05, 4.69) is 0 Å². The van der Waals surface area contributed by atoms with Crippen molar-refractivity contribution in [2.24, 2.45) is 11.8 Å². The minimum atomic E-state index is -0.809. The second-order valence-corrected chi connectivity index (χ2v) is 5.56. The first-order valence-corrected chi connectivity index (χ1v) is 6.83. The topological polar surface area (TPSA) is 70.1 Å². The number of rotatable bonds is 2. The number of carbonyl (C=O) groups is 2. The van der Waals surface area contributed by atoms with Crippen LogP contribution in [0.3, 0.4) is 0 Å². The Labute approximate surface area is 113 Å². The molecule has 2 fully saturated rings. The summed E-state index contributed by atoms with van der Waals surface area (Å²) in [5, 5.41) is 9.10. The third-order valence-corrected chi connectivity index (χ3v) is 4.24. The number of ether oxygens (including phenoxy) is 1. The van der Waals surface area contributed by atoms with E-state index >= 15 is 0 Å². The second kappa shape index (κ2) is 5.77. The van der Waals surface area contributed by atoms with E-state index in [-0.39, 0.29) is 18.0 Å². The van der Waals surface area contributed by atoms with Gasteiger partial charge in [-0.2, -0.15) is 0 Å². The maximum Gasteiger partial charge on any atom is 0.320 e. The molecular formula is C13H22N2O4. The molecule has 0 aliphatic carbocycles. The van der Waals surface area contributed by atoms with E-state index in [4.69, 9.17) is 9.84 Å². The summed E-state index contributed by atoms with van der Waals surface area (Å²) in [6, 6.07) is 0.155. The van der Waals surface area contributed by atoms with Crippen LogP contribution in [0.1, 0.15) is 19.8 Å². The van der Waals surface area contributed by atoms with Crippen molar-refractivity contribution in [1.82, 2.24) is 9.80 Å². The van der Waals surface area contributed by atoms with Gasteiger partial charge in [-0.15, -0.1) is 0 Å². The lowest BCUT2D eigenvalue weighted by atomic mass is 9.99. The number of hydrogen-bond donors (Lipinski definition) is 1. The molecule has 2 atom stereocenters. The highest BCUT2D eigenvalue weighted by atomic mass is 16.5. The maximum atomic E-state index is 12.4. The average molecular weight is 270 g/mol. The number of carbonyl (C=O) groups excluding carboxylic acids is 1. The Bertz CT molecular complexity index is 355. The Morgan fingerprint density at radius 3 is 2.42 bits per heavy atom. The SMILES string of the molecule is C[C@@H]1CN(C(=O)N(C)C2CCOCC2)C[C@H]1C(=O)O. The quantitative estimate of drug-likeness (QED) is 0.808. The normalized spacial score (nSPS) is 28.4. The number of likely N-dealkylation sites (tertiary alicyclic amines) is 1. The molecule has 108 valence electrons. The molecule has 2 rings (SSSR count). The smallest absolute Gasteiger partial charge is 0.320 e. The zero-order valence-electron chi connectivity index (χ0n) is 11.5. The summed E-state index contributed by atoms with van der Waals surface area (Å²) in [6.07, 6.45) is 1.71. The number of carboxylic acids is 1. The molecule has 0 aromatic heterocycles. The van der Waals surface area contributed by atoms with Crippen LogP contribution in [0.4, 0.5) is 4.79 Å². The van der Waals surface area contributed by atoms with Crippen LogP contribution in [-0.4, -0.2) is 66.3 Å². The summed E-state index contributed by atoms with van der Waals surface area (Å²) in [5.41, 5.74) is 0. The van der Waals surface area contributed by atoms with E-state index in [0.29, 0.717) is 26.3 Å². The minimum absolute atomic E-state index is 0.0181. The summed E-state index contributed by atoms with van der Waals surface area (Å²) in [7, 11) is 1.80. The highest BCUT2D eigenvalue weighted by Crippen LogP contribution is 2.25. The van der Waals surface area contributed by atoms with E-state index < -0.39 is 11.9 Å². The molecule has 2 aliphatic rings. The molecule has 6 heteroatoms. The molecule has 0 saturated carbocycles. The molecule has 0 unspecified atom stereocenters. The van der Waals surface area contributed by atoms with Gasteiger partial charge in [0.1, 0.15) is 0 Å². The van der Waals surface area contributed by atoms with Crippen LogP contribution in [0, 0.1) is 11.8 Å². The van der Waals surface area contributed by atoms with Gasteiger partial charge in [-0.05, 0) is 18.8 Å². The molecule has 2 amide bonds. The van der Waals surface area contributed by atoms with E-state index in [1.165, 1.54) is 0 Å². The Kier molecular flexibility index (Phi) is 4.29. The number of carboxylic acid groups (broad SMARTS) is 1. The van der Waals surface area contributed by atoms with Crippen molar-refractivity contribution in [3.05, 3.63) is 0 Å². The predicted octanol–water partition coefficient (Wildman–Crippen LogP) is 0.870. The molecule has 0 spiro atoms. The predicted molar refractivity (Wildman–Crippen MR) is 68.9 cm³/mol. The first-order chi connectivity index (χ1) is 9.00. The van der Waals surface area contributed by atoms with Crippen LogP contribution in [0.2, 0.25) is 0 Å². The fourth-order valence-electron chi connectivity index (χ4n) is 2.90. The van der Waals surface area contributed by atoms with Crippen molar-refractivity contribution in [1.29, 1.82) is 0 Å². The van der Waals surface area contributed by atoms with E-state index in [1.54, 1.807) is 16.8 Å². The molecular weight excluding hydrogens is 248 g/mol. The van der Waals surface area contributed by atoms with Gasteiger partial charge in [-0.1, -0.05) is 6.92 Å². The third-order valence-electron chi connectivity index (χ3n) is 4.24. The molecule has 6 nitrogen and oxygen atoms in total. The molecule has 19 heavy (non-hydrogen) atoms. The maximum absolute atomic E-state index is 12.4. The molecule has 2 aliphatic heterocycles. The van der Waals surface area contributed by atoms with Gasteiger partial charge in [0, 0.05) is 39.4 Å². The van der Waals surface area contributed by atoms with Crippen LogP contribution in [-0.2, 0) is 9.53 Å². The lowest BCUT2D eigenvalue weighted by Gasteiger charge is -2.34. The van der Waals surface area contributed by atoms with Crippen LogP contribution in [0.25, 0.3) is 0 Å². The summed E-state index contributed by atoms with van der Waals surface area (Å²) >= 11 is 0. The Morgan fingerprint density at radius 1 is 1.26 bits per heavy atom. The van der Waals surface area contributed by atoms with Gasteiger partial charge in [-0.25, -0.2) is 4.79 Å². The fourth-order valence-corrected chi connectivity index (χ4v) is 2.90. The van der Waals surface area contributed by atoms with Gasteiger partial charge in [0.2, 0.25) is 0 Å². The zero-order valence-corrected chi connectivity index (χ0v) is 11.5. The largest absolute Gasteiger partial charge is 0.481 e. The summed E-state index contributed by atoms with van der Waals surface area (Å²) in [4.78, 5) is 26.9. The standard InChI is InChI=1S/C13H22N2O4/c1-9-7-15(8-11(9)12(16)17)13(18)14(2)10-3-5-19-6-4-10/h9-11H,3-8H2,1-2H3,(H,16,17)/t9-,11-/m1/s1. The van der Waals surface area contributed by atoms with Gasteiger partial charge in [0.25, 0.3) is 0 Å². The van der Waals surface area contributed by atoms with Crippen molar-refractivity contribution in [3.8, 4) is 0 Å². The van der Waals surface area contributed by atoms with E-state index in [9.17, 15) is 9.59 Å². The van der Waals surface area contributed by atoms with E-state index in [0.717, 1.165) is 12.8 Å². The van der Waals surface area contributed by atoms with Crippen molar-refractivity contribution in [2.45, 2.75) is 25.8 Å². The van der Waals surface area contributed by atoms with Crippen LogP contribution in [0.15, 0.2) is 0 Å². The lowest BCUT2D eigenvalue weighted by Crippen LogP contribution is -2.47. The van der Waals surface area contributed by atoms with Gasteiger partial charge in [0.05, 0.1) is 5.92 Å². The van der Waals surface area contributed by atoms with Crippen molar-refractivity contribution in [3.63, 3.8) is 0 Å². The number of amides is 2. The Morgan fingerprint density at radius 2 is 1.89 bits per heavy atom. The zero-order chi connectivity index (χ0) is 14.0. The molecule has 2 heterocycles. The number of hydrogen-bond acceptors (Lipinski definition) is 3. The van der Waals surface area contributed by atoms with Crippen molar-refractivity contribution in [2.75, 3.05) is 33.4 Å². The molecule has 0 aromatic carbocycles. The Hall–Kier alpha value is -1.30. The van der Waals surface area contributed by atoms with Crippen molar-refractivity contribution < 1.29 is 19.4 Å². The first kappa shape index (κ1) is 14.1. The molecule has 0 bridgehead atoms. The highest BCUT2D eigenvalue weighted by Gasteiger charge is 2.38. The average Bonchev–Trinajstić information content (AvgIpc) is 2.80. The minimum Gasteiger partial charge on any atom is -0.481 e. The van der Waals surface area contributed by atoms with Crippen LogP contribution < -0.4 is 0 Å². The monoisotopic (exact) mass is 270 g/mol. The Balaban J connectivity index is 1.94. The van der Waals surface area contributed by atoms with Gasteiger partial charge in [-0.3, -0.25) is 4.79 Å². The lowest BCUT2D eigenvalue weighted by molar-refractivity contribution is -0.142. The molecule has 1 N–H and O–H groups in total. The second-order valence-electron chi connectivity index (χ2n) is 5.56. The first-order valence-electron chi connectivity index (χ1n) is 6.83. The van der Waals surface area contributed by atoms with Crippen molar-refractivity contribution >= 4 is 12.0 Å². The summed E-state index contributed by atoms with van der Waals surface area (Å²) in [6.45, 7) is 4.12. The fraction of sp³-hybridized carbons (Fsp3) is 0.846. The van der Waals surface area contributed by atoms with Crippen LogP contribution >= 0.6 is 0 Å². The molecule has 0 aromatic rings. The summed E-state index contributed by atoms with van der Waals surface area (Å²) < 4.78 is 5.29. The molecule has 0 radical (unpaired) electrons. The van der Waals surface area contributed by atoms with Gasteiger partial charge < -0.3 is 19.6 Å². The highest BCUT2D eigenvalue weighted by molar-refractivity contribution is 5.77. The third kappa shape index (κ3) is 3.00. The number of urea groups is 1. The number of nitrogens with zero attached hydrogens (tertiary/aromatic N) is 2. The van der Waals surface area contributed by atoms with Crippen LogP contribution in [0.5, 0.6) is 0 Å². The van der Waals surface area contributed by atoms with Gasteiger partial charge in [0.15, 0.2) is 0 Å². The summed E-state index contributed by atoms with van der Waals surface area (Å²) in [5.74, 6) is -1.23. The number of aliphatic carboxylic acids is 1. The van der Waals surface area contributed by atoms with Gasteiger partial charge >= 0.3 is 12.0 Å².